The largest absolute Gasteiger partial charge is 0.430 e. The second kappa shape index (κ2) is 2.89. The van der Waals surface area contributed by atoms with Crippen LogP contribution in [0.1, 0.15) is 13.8 Å². The van der Waals surface area contributed by atoms with Crippen LogP contribution in [0.4, 0.5) is 0 Å². The summed E-state index contributed by atoms with van der Waals surface area (Å²) in [5.41, 5.74) is 0. The third-order valence-electron chi connectivity index (χ3n) is 1.53. The fourth-order valence-corrected chi connectivity index (χ4v) is 1.01. The summed E-state index contributed by atoms with van der Waals surface area (Å²) in [7, 11) is 0. The maximum atomic E-state index is 11.1. The van der Waals surface area contributed by atoms with Gasteiger partial charge in [-0.2, -0.15) is 0 Å². The summed E-state index contributed by atoms with van der Waals surface area (Å²) in [6.45, 7) is 2.68. The van der Waals surface area contributed by atoms with E-state index in [1.165, 1.54) is 13.8 Å². The zero-order valence-electron chi connectivity index (χ0n) is 6.79. The first-order valence-corrected chi connectivity index (χ1v) is 3.46. The average molecular weight is 168 g/mol. The summed E-state index contributed by atoms with van der Waals surface area (Å²) < 4.78 is 4.61. The summed E-state index contributed by atoms with van der Waals surface area (Å²) in [5, 5.41) is 0. The van der Waals surface area contributed by atoms with Gasteiger partial charge in [-0.3, -0.25) is 14.4 Å². The first-order valence-electron chi connectivity index (χ1n) is 3.46. The van der Waals surface area contributed by atoms with E-state index in [1.54, 1.807) is 0 Å². The van der Waals surface area contributed by atoms with Crippen molar-refractivity contribution >= 4 is 17.5 Å². The molecule has 0 fully saturated rings. The molecule has 1 rings (SSSR count). The molecule has 1 aliphatic rings. The molecule has 0 spiro atoms. The fraction of sp³-hybridized carbons (Fsp3) is 0.375. The smallest absolute Gasteiger partial charge is 0.329 e. The molecule has 0 aromatic heterocycles. The fourth-order valence-electron chi connectivity index (χ4n) is 1.01. The van der Waals surface area contributed by atoms with E-state index >= 15 is 0 Å². The number of rotatable bonds is 1. The maximum absolute atomic E-state index is 11.1. The third kappa shape index (κ3) is 1.42. The van der Waals surface area contributed by atoms with Crippen molar-refractivity contribution < 1.29 is 19.1 Å². The number of cyclic esters (lactones) is 1. The van der Waals surface area contributed by atoms with E-state index < -0.39 is 23.5 Å². The van der Waals surface area contributed by atoms with Gasteiger partial charge in [-0.05, 0) is 13.8 Å². The van der Waals surface area contributed by atoms with E-state index in [9.17, 15) is 14.4 Å². The molecular formula is C8H8O4. The minimum atomic E-state index is -1.24. The second-order valence-electron chi connectivity index (χ2n) is 2.62. The van der Waals surface area contributed by atoms with E-state index in [1.807, 2.05) is 0 Å². The molecule has 0 aliphatic carbocycles. The van der Waals surface area contributed by atoms with E-state index in [0.29, 0.717) is 0 Å². The van der Waals surface area contributed by atoms with Gasteiger partial charge >= 0.3 is 5.97 Å². The van der Waals surface area contributed by atoms with E-state index in [0.717, 1.165) is 6.08 Å². The maximum Gasteiger partial charge on any atom is 0.329 e. The molecule has 1 aliphatic heterocycles. The molecule has 1 atom stereocenters. The van der Waals surface area contributed by atoms with Crippen LogP contribution in [0.3, 0.4) is 0 Å². The minimum Gasteiger partial charge on any atom is -0.430 e. The van der Waals surface area contributed by atoms with Gasteiger partial charge in [-0.25, -0.2) is 0 Å². The van der Waals surface area contributed by atoms with E-state index in [-0.39, 0.29) is 5.76 Å². The van der Waals surface area contributed by atoms with Crippen LogP contribution in [0.5, 0.6) is 0 Å². The van der Waals surface area contributed by atoms with Gasteiger partial charge in [0.25, 0.3) is 0 Å². The third-order valence-corrected chi connectivity index (χ3v) is 1.53. The standard InChI is InChI=1S/C8H8O4/c1-4-3-6(10)7(5(2)9)8(11)12-4/h3,7H,1-2H3/t7-/m0/s1. The number of allylic oxidation sites excluding steroid dienone is 2. The van der Waals surface area contributed by atoms with Crippen LogP contribution in [0.25, 0.3) is 0 Å². The summed E-state index contributed by atoms with van der Waals surface area (Å²) in [5.74, 6) is -2.74. The Labute approximate surface area is 69.2 Å². The van der Waals surface area contributed by atoms with Crippen molar-refractivity contribution in [2.24, 2.45) is 5.92 Å². The molecule has 0 bridgehead atoms. The highest BCUT2D eigenvalue weighted by Gasteiger charge is 2.34. The Morgan fingerprint density at radius 2 is 2.08 bits per heavy atom. The highest BCUT2D eigenvalue weighted by molar-refractivity contribution is 6.21. The zero-order valence-corrected chi connectivity index (χ0v) is 6.79. The number of carbonyl (C=O) groups is 3. The van der Waals surface area contributed by atoms with Crippen LogP contribution in [0.15, 0.2) is 11.8 Å². The first-order chi connectivity index (χ1) is 5.52. The zero-order chi connectivity index (χ0) is 9.30. The van der Waals surface area contributed by atoms with Crippen LogP contribution in [-0.2, 0) is 19.1 Å². The highest BCUT2D eigenvalue weighted by Crippen LogP contribution is 2.14. The number of esters is 1. The lowest BCUT2D eigenvalue weighted by Crippen LogP contribution is -2.33. The molecule has 0 unspecified atom stereocenters. The SMILES string of the molecule is CC(=O)[C@H]1C(=O)C=C(C)OC1=O. The lowest BCUT2D eigenvalue weighted by atomic mass is 9.98. The molecule has 0 saturated heterocycles. The average Bonchev–Trinajstić information content (AvgIpc) is 1.82. The summed E-state index contributed by atoms with van der Waals surface area (Å²) in [4.78, 5) is 32.8. The molecule has 0 N–H and O–H groups in total. The van der Waals surface area contributed by atoms with Gasteiger partial charge < -0.3 is 4.74 Å². The Balaban J connectivity index is 2.98. The summed E-state index contributed by atoms with van der Waals surface area (Å²) >= 11 is 0. The number of ketones is 2. The number of hydrogen-bond acceptors (Lipinski definition) is 4. The Kier molecular flexibility index (Phi) is 2.08. The van der Waals surface area contributed by atoms with E-state index in [4.69, 9.17) is 0 Å². The van der Waals surface area contributed by atoms with Crippen LogP contribution < -0.4 is 0 Å². The molecule has 4 heteroatoms. The normalized spacial score (nSPS) is 23.2. The molecule has 4 nitrogen and oxygen atoms in total. The highest BCUT2D eigenvalue weighted by atomic mass is 16.5. The molecule has 0 aromatic carbocycles. The Hall–Kier alpha value is -1.45. The molecule has 64 valence electrons. The monoisotopic (exact) mass is 168 g/mol. The lowest BCUT2D eigenvalue weighted by molar-refractivity contribution is -0.152. The van der Waals surface area contributed by atoms with Crippen LogP contribution in [0, 0.1) is 5.92 Å². The lowest BCUT2D eigenvalue weighted by Gasteiger charge is -2.15. The molecule has 0 aromatic rings. The Morgan fingerprint density at radius 1 is 1.50 bits per heavy atom. The van der Waals surface area contributed by atoms with Crippen molar-refractivity contribution in [1.82, 2.24) is 0 Å². The van der Waals surface area contributed by atoms with Crippen molar-refractivity contribution in [3.05, 3.63) is 11.8 Å². The number of ether oxygens (including phenoxy) is 1. The first kappa shape index (κ1) is 8.64. The predicted octanol–water partition coefficient (Wildman–Crippen LogP) is 0.221. The molecule has 1 heterocycles. The molecular weight excluding hydrogens is 160 g/mol. The Morgan fingerprint density at radius 3 is 2.50 bits per heavy atom. The van der Waals surface area contributed by atoms with Crippen molar-refractivity contribution in [3.63, 3.8) is 0 Å². The molecule has 12 heavy (non-hydrogen) atoms. The quantitative estimate of drug-likeness (QED) is 0.415. The number of hydrogen-bond donors (Lipinski definition) is 0. The van der Waals surface area contributed by atoms with Crippen LogP contribution in [0.2, 0.25) is 0 Å². The molecule has 0 amide bonds. The van der Waals surface area contributed by atoms with Crippen molar-refractivity contribution in [2.45, 2.75) is 13.8 Å². The summed E-state index contributed by atoms with van der Waals surface area (Å²) in [6, 6.07) is 0. The van der Waals surface area contributed by atoms with E-state index in [2.05, 4.69) is 4.74 Å². The van der Waals surface area contributed by atoms with Gasteiger partial charge in [-0.1, -0.05) is 0 Å². The number of Topliss-reactive ketones (excluding diaryl/α,β-unsaturated/α-hetero) is 1. The predicted molar refractivity (Wildman–Crippen MR) is 39.0 cm³/mol. The van der Waals surface area contributed by atoms with Crippen molar-refractivity contribution in [2.75, 3.05) is 0 Å². The molecule has 0 saturated carbocycles. The Bertz CT molecular complexity index is 287. The van der Waals surface area contributed by atoms with Gasteiger partial charge in [0.05, 0.1) is 0 Å². The van der Waals surface area contributed by atoms with Crippen molar-refractivity contribution in [3.8, 4) is 0 Å². The van der Waals surface area contributed by atoms with Crippen LogP contribution >= 0.6 is 0 Å². The number of carbonyl (C=O) groups excluding carboxylic acids is 3. The minimum absolute atomic E-state index is 0.238. The second-order valence-corrected chi connectivity index (χ2v) is 2.62. The van der Waals surface area contributed by atoms with Gasteiger partial charge in [0.2, 0.25) is 0 Å². The van der Waals surface area contributed by atoms with Crippen LogP contribution in [-0.4, -0.2) is 17.5 Å². The van der Waals surface area contributed by atoms with Gasteiger partial charge in [0.15, 0.2) is 17.5 Å². The van der Waals surface area contributed by atoms with Gasteiger partial charge in [0, 0.05) is 6.08 Å². The van der Waals surface area contributed by atoms with Crippen molar-refractivity contribution in [1.29, 1.82) is 0 Å². The van der Waals surface area contributed by atoms with Gasteiger partial charge in [-0.15, -0.1) is 0 Å². The molecule has 0 radical (unpaired) electrons. The topological polar surface area (TPSA) is 60.4 Å². The van der Waals surface area contributed by atoms with Gasteiger partial charge in [0.1, 0.15) is 5.76 Å². The summed E-state index contributed by atoms with van der Waals surface area (Å²) in [6.07, 6.45) is 1.16.